The van der Waals surface area contributed by atoms with Crippen molar-refractivity contribution in [3.05, 3.63) is 11.6 Å². The molecule has 1 aromatic heterocycles. The monoisotopic (exact) mass is 419 g/mol. The van der Waals surface area contributed by atoms with E-state index in [1.165, 1.54) is 12.8 Å². The van der Waals surface area contributed by atoms with Crippen LogP contribution in [0, 0.1) is 11.8 Å². The second-order valence-corrected chi connectivity index (χ2v) is 8.89. The lowest BCUT2D eigenvalue weighted by molar-refractivity contribution is -0.143. The van der Waals surface area contributed by atoms with Crippen molar-refractivity contribution in [3.8, 4) is 0 Å². The van der Waals surface area contributed by atoms with Crippen LogP contribution in [0.15, 0.2) is 0 Å². The molecule has 0 bridgehead atoms. The molecular formula is C21H33N5O4. The maximum Gasteiger partial charge on any atom is 0.290 e. The SMILES string of the molecule is CC(=O)N1CCC(C(=O)N2CCn3nc(C4CC4)nc3[C@@H]2CC(C)C)CC1.O=CO. The summed E-state index contributed by atoms with van der Waals surface area (Å²) in [6.45, 7) is 8.59. The maximum atomic E-state index is 13.3. The number of rotatable bonds is 4. The smallest absolute Gasteiger partial charge is 0.290 e. The second-order valence-electron chi connectivity index (χ2n) is 8.89. The van der Waals surface area contributed by atoms with Crippen molar-refractivity contribution in [2.45, 2.75) is 71.4 Å². The van der Waals surface area contributed by atoms with Gasteiger partial charge in [0.1, 0.15) is 5.82 Å². The number of nitrogens with zero attached hydrogens (tertiary/aromatic N) is 5. The molecule has 4 rings (SSSR count). The molecule has 3 heterocycles. The summed E-state index contributed by atoms with van der Waals surface area (Å²) in [5.41, 5.74) is 0. The van der Waals surface area contributed by atoms with Gasteiger partial charge in [0.05, 0.1) is 12.6 Å². The number of carbonyl (C=O) groups excluding carboxylic acids is 2. The van der Waals surface area contributed by atoms with E-state index >= 15 is 0 Å². The fourth-order valence-electron chi connectivity index (χ4n) is 4.41. The zero-order valence-electron chi connectivity index (χ0n) is 18.2. The van der Waals surface area contributed by atoms with Crippen molar-refractivity contribution in [1.82, 2.24) is 24.6 Å². The molecule has 3 aliphatic rings. The van der Waals surface area contributed by atoms with E-state index in [0.29, 0.717) is 31.5 Å². The van der Waals surface area contributed by atoms with E-state index in [1.54, 1.807) is 6.92 Å². The van der Waals surface area contributed by atoms with Crippen LogP contribution in [0.5, 0.6) is 0 Å². The van der Waals surface area contributed by atoms with Crippen LogP contribution in [-0.2, 0) is 20.9 Å². The van der Waals surface area contributed by atoms with E-state index in [9.17, 15) is 9.59 Å². The Balaban J connectivity index is 0.000000806. The van der Waals surface area contributed by atoms with Crippen LogP contribution in [0.4, 0.5) is 0 Å². The fourth-order valence-corrected chi connectivity index (χ4v) is 4.41. The van der Waals surface area contributed by atoms with Gasteiger partial charge in [-0.15, -0.1) is 0 Å². The number of likely N-dealkylation sites (tertiary alicyclic amines) is 1. The number of amides is 2. The minimum atomic E-state index is -0.250. The number of hydrogen-bond donors (Lipinski definition) is 1. The van der Waals surface area contributed by atoms with Gasteiger partial charge in [-0.2, -0.15) is 5.10 Å². The quantitative estimate of drug-likeness (QED) is 0.748. The van der Waals surface area contributed by atoms with Crippen molar-refractivity contribution >= 4 is 18.3 Å². The summed E-state index contributed by atoms with van der Waals surface area (Å²) in [6, 6.07) is 0.0251. The first-order chi connectivity index (χ1) is 14.3. The van der Waals surface area contributed by atoms with Gasteiger partial charge in [-0.25, -0.2) is 9.67 Å². The van der Waals surface area contributed by atoms with Gasteiger partial charge in [-0.3, -0.25) is 14.4 Å². The molecule has 1 N–H and O–H groups in total. The predicted octanol–water partition coefficient (Wildman–Crippen LogP) is 2.04. The number of piperidine rings is 1. The average molecular weight is 420 g/mol. The highest BCUT2D eigenvalue weighted by atomic mass is 16.3. The third kappa shape index (κ3) is 4.99. The van der Waals surface area contributed by atoms with Gasteiger partial charge < -0.3 is 14.9 Å². The largest absolute Gasteiger partial charge is 0.483 e. The van der Waals surface area contributed by atoms with E-state index in [2.05, 4.69) is 18.7 Å². The zero-order chi connectivity index (χ0) is 21.8. The van der Waals surface area contributed by atoms with Crippen LogP contribution in [0.25, 0.3) is 0 Å². The van der Waals surface area contributed by atoms with Crippen molar-refractivity contribution in [3.63, 3.8) is 0 Å². The Bertz CT molecular complexity index is 765. The number of aromatic nitrogens is 3. The molecule has 0 spiro atoms. The Labute approximate surface area is 177 Å². The topological polar surface area (TPSA) is 109 Å². The average Bonchev–Trinajstić information content (AvgIpc) is 3.47. The zero-order valence-corrected chi connectivity index (χ0v) is 18.2. The Morgan fingerprint density at radius 3 is 2.30 bits per heavy atom. The van der Waals surface area contributed by atoms with Gasteiger partial charge in [0, 0.05) is 38.4 Å². The first-order valence-corrected chi connectivity index (χ1v) is 10.9. The summed E-state index contributed by atoms with van der Waals surface area (Å²) < 4.78 is 2.04. The summed E-state index contributed by atoms with van der Waals surface area (Å²) in [5, 5.41) is 11.6. The minimum absolute atomic E-state index is 0.0210. The molecule has 0 radical (unpaired) electrons. The highest BCUT2D eigenvalue weighted by molar-refractivity contribution is 5.80. The van der Waals surface area contributed by atoms with Crippen LogP contribution in [0.1, 0.15) is 76.5 Å². The molecule has 166 valence electrons. The van der Waals surface area contributed by atoms with Crippen LogP contribution < -0.4 is 0 Å². The number of carbonyl (C=O) groups is 3. The van der Waals surface area contributed by atoms with Gasteiger partial charge in [-0.1, -0.05) is 13.8 Å². The Morgan fingerprint density at radius 2 is 1.77 bits per heavy atom. The summed E-state index contributed by atoms with van der Waals surface area (Å²) in [7, 11) is 0. The molecule has 9 heteroatoms. The van der Waals surface area contributed by atoms with E-state index in [4.69, 9.17) is 20.0 Å². The highest BCUT2D eigenvalue weighted by Gasteiger charge is 2.39. The molecule has 1 saturated heterocycles. The normalized spacial score (nSPS) is 21.7. The molecule has 2 fully saturated rings. The van der Waals surface area contributed by atoms with Gasteiger partial charge >= 0.3 is 0 Å². The molecule has 30 heavy (non-hydrogen) atoms. The Kier molecular flexibility index (Phi) is 7.10. The molecule has 1 aromatic rings. The van der Waals surface area contributed by atoms with E-state index < -0.39 is 0 Å². The maximum absolute atomic E-state index is 13.3. The highest BCUT2D eigenvalue weighted by Crippen LogP contribution is 2.40. The van der Waals surface area contributed by atoms with Crippen molar-refractivity contribution in [1.29, 1.82) is 0 Å². The van der Waals surface area contributed by atoms with Gasteiger partial charge in [0.2, 0.25) is 11.8 Å². The Hall–Kier alpha value is -2.45. The van der Waals surface area contributed by atoms with Crippen LogP contribution in [0.3, 0.4) is 0 Å². The molecule has 2 aliphatic heterocycles. The molecule has 9 nitrogen and oxygen atoms in total. The first kappa shape index (κ1) is 22.2. The summed E-state index contributed by atoms with van der Waals surface area (Å²) in [4.78, 5) is 42.1. The molecule has 1 aliphatic carbocycles. The molecule has 1 saturated carbocycles. The molecule has 0 unspecified atom stereocenters. The van der Waals surface area contributed by atoms with Crippen LogP contribution in [-0.4, -0.2) is 67.6 Å². The lowest BCUT2D eigenvalue weighted by Gasteiger charge is -2.40. The first-order valence-electron chi connectivity index (χ1n) is 10.9. The molecular weight excluding hydrogens is 386 g/mol. The van der Waals surface area contributed by atoms with Gasteiger partial charge in [-0.05, 0) is 38.0 Å². The van der Waals surface area contributed by atoms with Gasteiger partial charge in [0.25, 0.3) is 6.47 Å². The Morgan fingerprint density at radius 1 is 1.13 bits per heavy atom. The number of hydrogen-bond acceptors (Lipinski definition) is 5. The van der Waals surface area contributed by atoms with Crippen molar-refractivity contribution in [2.24, 2.45) is 11.8 Å². The summed E-state index contributed by atoms with van der Waals surface area (Å²) in [5.74, 6) is 3.34. The van der Waals surface area contributed by atoms with Crippen LogP contribution >= 0.6 is 0 Å². The van der Waals surface area contributed by atoms with E-state index in [-0.39, 0.29) is 30.2 Å². The number of carboxylic acid groups (broad SMARTS) is 1. The van der Waals surface area contributed by atoms with E-state index in [0.717, 1.165) is 37.5 Å². The lowest BCUT2D eigenvalue weighted by Crippen LogP contribution is -2.48. The standard InChI is InChI=1S/C20H31N5O2.CH2O2/c1-13(2)12-17-19-21-18(15-4-5-15)22-25(19)11-10-24(17)20(27)16-6-8-23(9-7-16)14(3)26;2-1-3/h13,15-17H,4-12H2,1-3H3;1H,(H,2,3)/t17-;/m0./s1. The molecule has 0 aromatic carbocycles. The minimum Gasteiger partial charge on any atom is -0.483 e. The summed E-state index contributed by atoms with van der Waals surface area (Å²) in [6.07, 6.45) is 4.83. The third-order valence-electron chi connectivity index (χ3n) is 6.15. The van der Waals surface area contributed by atoms with Crippen LogP contribution in [0.2, 0.25) is 0 Å². The summed E-state index contributed by atoms with van der Waals surface area (Å²) >= 11 is 0. The van der Waals surface area contributed by atoms with Crippen molar-refractivity contribution in [2.75, 3.05) is 19.6 Å². The lowest BCUT2D eigenvalue weighted by atomic mass is 9.92. The molecule has 1 atom stereocenters. The predicted molar refractivity (Wildman–Crippen MR) is 110 cm³/mol. The third-order valence-corrected chi connectivity index (χ3v) is 6.15. The van der Waals surface area contributed by atoms with Gasteiger partial charge in [0.15, 0.2) is 5.82 Å². The van der Waals surface area contributed by atoms with E-state index in [1.807, 2.05) is 9.58 Å². The molecule has 2 amide bonds. The second kappa shape index (κ2) is 9.57. The fraction of sp³-hybridized carbons (Fsp3) is 0.762. The van der Waals surface area contributed by atoms with Crippen molar-refractivity contribution < 1.29 is 19.5 Å². The number of fused-ring (bicyclic) bond motifs is 1.